The van der Waals surface area contributed by atoms with E-state index in [1.807, 2.05) is 19.9 Å². The van der Waals surface area contributed by atoms with Crippen molar-refractivity contribution >= 4 is 11.6 Å². The van der Waals surface area contributed by atoms with Gasteiger partial charge in [0.25, 0.3) is 5.91 Å². The minimum atomic E-state index is -0.493. The number of hydrogen-bond donors (Lipinski definition) is 2. The molecule has 0 unspecified atom stereocenters. The van der Waals surface area contributed by atoms with Crippen LogP contribution in [-0.4, -0.2) is 17.6 Å². The molecule has 2 N–H and O–H groups in total. The monoisotopic (exact) mass is 303 g/mol. The van der Waals surface area contributed by atoms with Crippen molar-refractivity contribution in [2.45, 2.75) is 32.7 Å². The van der Waals surface area contributed by atoms with Gasteiger partial charge in [-0.05, 0) is 36.1 Å². The van der Waals surface area contributed by atoms with Crippen molar-refractivity contribution in [2.24, 2.45) is 0 Å². The van der Waals surface area contributed by atoms with Crippen molar-refractivity contribution in [3.63, 3.8) is 0 Å². The molecule has 0 bridgehead atoms. The van der Waals surface area contributed by atoms with E-state index in [-0.39, 0.29) is 23.2 Å². The van der Waals surface area contributed by atoms with Crippen molar-refractivity contribution in [3.05, 3.63) is 46.6 Å². The first-order valence-corrected chi connectivity index (χ1v) is 7.35. The summed E-state index contributed by atoms with van der Waals surface area (Å²) in [7, 11) is 0. The van der Waals surface area contributed by atoms with Crippen LogP contribution < -0.4 is 10.6 Å². The van der Waals surface area contributed by atoms with E-state index in [0.717, 1.165) is 12.1 Å². The van der Waals surface area contributed by atoms with Crippen LogP contribution in [-0.2, 0) is 13.0 Å². The molecule has 0 atom stereocenters. The Kier molecular flexibility index (Phi) is 3.94. The zero-order chi connectivity index (χ0) is 15.7. The zero-order valence-corrected chi connectivity index (χ0v) is 12.6. The molecule has 5 nitrogen and oxygen atoms in total. The fourth-order valence-corrected chi connectivity index (χ4v) is 2.48. The molecule has 0 fully saturated rings. The van der Waals surface area contributed by atoms with Gasteiger partial charge in [-0.25, -0.2) is 4.39 Å². The molecule has 6 heteroatoms. The lowest BCUT2D eigenvalue weighted by molar-refractivity contribution is 0.0987. The van der Waals surface area contributed by atoms with E-state index in [4.69, 9.17) is 4.52 Å². The predicted molar refractivity (Wildman–Crippen MR) is 80.4 cm³/mol. The van der Waals surface area contributed by atoms with Crippen LogP contribution in [0.4, 0.5) is 10.1 Å². The minimum absolute atomic E-state index is 0.0856. The second-order valence-electron chi connectivity index (χ2n) is 5.72. The average molecular weight is 303 g/mol. The van der Waals surface area contributed by atoms with Crippen LogP contribution in [0.2, 0.25) is 0 Å². The number of benzene rings is 1. The molecule has 0 saturated heterocycles. The van der Waals surface area contributed by atoms with E-state index in [9.17, 15) is 9.18 Å². The maximum Gasteiger partial charge on any atom is 0.294 e. The molecule has 22 heavy (non-hydrogen) atoms. The number of hydrogen-bond acceptors (Lipinski definition) is 4. The molecular formula is C16H18FN3O2. The molecule has 0 spiro atoms. The molecule has 0 aliphatic carbocycles. The predicted octanol–water partition coefficient (Wildman–Crippen LogP) is 2.84. The maximum atomic E-state index is 14.5. The van der Waals surface area contributed by atoms with Crippen LogP contribution in [0.15, 0.2) is 22.7 Å². The molecular weight excluding hydrogens is 285 g/mol. The highest BCUT2D eigenvalue weighted by molar-refractivity contribution is 6.02. The summed E-state index contributed by atoms with van der Waals surface area (Å²) in [5.74, 6) is -0.607. The van der Waals surface area contributed by atoms with Gasteiger partial charge in [0.05, 0.1) is 11.4 Å². The highest BCUT2D eigenvalue weighted by Gasteiger charge is 2.20. The first-order chi connectivity index (χ1) is 10.6. The molecule has 1 aromatic carbocycles. The summed E-state index contributed by atoms with van der Waals surface area (Å²) in [5.41, 5.74) is 2.47. The van der Waals surface area contributed by atoms with Gasteiger partial charge in [-0.3, -0.25) is 4.79 Å². The number of nitrogens with zero attached hydrogens (tertiary/aromatic N) is 1. The van der Waals surface area contributed by atoms with E-state index >= 15 is 0 Å². The van der Waals surface area contributed by atoms with Crippen molar-refractivity contribution in [1.29, 1.82) is 0 Å². The highest BCUT2D eigenvalue weighted by atomic mass is 19.1. The Morgan fingerprint density at radius 3 is 3.00 bits per heavy atom. The van der Waals surface area contributed by atoms with Gasteiger partial charge in [-0.2, -0.15) is 0 Å². The van der Waals surface area contributed by atoms with Gasteiger partial charge in [0.15, 0.2) is 0 Å². The van der Waals surface area contributed by atoms with Crippen molar-refractivity contribution in [2.75, 3.05) is 11.9 Å². The first kappa shape index (κ1) is 14.7. The Morgan fingerprint density at radius 2 is 2.27 bits per heavy atom. The van der Waals surface area contributed by atoms with Crippen LogP contribution in [0, 0.1) is 5.82 Å². The summed E-state index contributed by atoms with van der Waals surface area (Å²) in [6.45, 7) is 5.30. The van der Waals surface area contributed by atoms with E-state index in [0.29, 0.717) is 24.2 Å². The van der Waals surface area contributed by atoms with Crippen molar-refractivity contribution < 1.29 is 13.7 Å². The Hall–Kier alpha value is -2.21. The number of amides is 1. The van der Waals surface area contributed by atoms with Gasteiger partial charge >= 0.3 is 0 Å². The Bertz CT molecular complexity index is 709. The number of aromatic nitrogens is 1. The number of carbonyl (C=O) groups excluding carboxylic acids is 1. The van der Waals surface area contributed by atoms with Crippen LogP contribution in [0.5, 0.6) is 0 Å². The summed E-state index contributed by atoms with van der Waals surface area (Å²) in [6, 6.07) is 5.00. The number of carbonyl (C=O) groups is 1. The summed E-state index contributed by atoms with van der Waals surface area (Å²) in [5, 5.41) is 9.58. The summed E-state index contributed by atoms with van der Waals surface area (Å²) in [4.78, 5) is 12.1. The molecule has 1 aliphatic heterocycles. The van der Waals surface area contributed by atoms with Gasteiger partial charge < -0.3 is 15.2 Å². The minimum Gasteiger partial charge on any atom is -0.351 e. The van der Waals surface area contributed by atoms with Gasteiger partial charge in [0.1, 0.15) is 5.82 Å². The molecule has 0 saturated carbocycles. The smallest absolute Gasteiger partial charge is 0.294 e. The Labute approximate surface area is 127 Å². The van der Waals surface area contributed by atoms with E-state index in [1.54, 1.807) is 12.1 Å². The lowest BCUT2D eigenvalue weighted by Crippen LogP contribution is -2.25. The molecule has 1 aliphatic rings. The molecule has 3 rings (SSSR count). The molecule has 1 amide bonds. The lowest BCUT2D eigenvalue weighted by atomic mass is 9.99. The van der Waals surface area contributed by atoms with Gasteiger partial charge in [-0.15, -0.1) is 0 Å². The van der Waals surface area contributed by atoms with Crippen LogP contribution in [0.1, 0.15) is 47.1 Å². The average Bonchev–Trinajstić information content (AvgIpc) is 3.00. The zero-order valence-electron chi connectivity index (χ0n) is 12.6. The van der Waals surface area contributed by atoms with E-state index in [1.165, 1.54) is 0 Å². The maximum absolute atomic E-state index is 14.5. The molecule has 2 heterocycles. The molecule has 116 valence electrons. The fourth-order valence-electron chi connectivity index (χ4n) is 2.48. The largest absolute Gasteiger partial charge is 0.351 e. The second-order valence-corrected chi connectivity index (χ2v) is 5.72. The highest BCUT2D eigenvalue weighted by Crippen LogP contribution is 2.25. The van der Waals surface area contributed by atoms with E-state index in [2.05, 4.69) is 15.8 Å². The molecule has 0 radical (unpaired) electrons. The van der Waals surface area contributed by atoms with Crippen LogP contribution in [0.3, 0.4) is 0 Å². The summed E-state index contributed by atoms with van der Waals surface area (Å²) >= 11 is 0. The number of nitrogens with one attached hydrogen (secondary N) is 2. The summed E-state index contributed by atoms with van der Waals surface area (Å²) in [6.07, 6.45) is 0.616. The second kappa shape index (κ2) is 5.88. The third kappa shape index (κ3) is 2.74. The summed E-state index contributed by atoms with van der Waals surface area (Å²) < 4.78 is 19.5. The van der Waals surface area contributed by atoms with Crippen LogP contribution in [0.25, 0.3) is 0 Å². The van der Waals surface area contributed by atoms with Crippen molar-refractivity contribution in [1.82, 2.24) is 10.5 Å². The normalized spacial score (nSPS) is 14.0. The number of fused-ring (bicyclic) bond motifs is 1. The number of rotatable bonds is 3. The SMILES string of the molecule is CC(C)c1cc(C(=O)Nc2ccc3c(c2F)CCNC3)on1. The number of anilines is 1. The molecule has 1 aromatic heterocycles. The molecule has 2 aromatic rings. The van der Waals surface area contributed by atoms with Gasteiger partial charge in [0, 0.05) is 12.6 Å². The van der Waals surface area contributed by atoms with Gasteiger partial charge in [-0.1, -0.05) is 25.1 Å². The topological polar surface area (TPSA) is 67.2 Å². The standard InChI is InChI=1S/C16H18FN3O2/c1-9(2)13-7-14(22-20-13)16(21)19-12-4-3-10-8-18-6-5-11(10)15(12)17/h3-4,7,9,18H,5-6,8H2,1-2H3,(H,19,21). The van der Waals surface area contributed by atoms with Gasteiger partial charge in [0.2, 0.25) is 5.76 Å². The van der Waals surface area contributed by atoms with Crippen LogP contribution >= 0.6 is 0 Å². The number of halogens is 1. The lowest BCUT2D eigenvalue weighted by Gasteiger charge is -2.19. The Morgan fingerprint density at radius 1 is 1.45 bits per heavy atom. The fraction of sp³-hybridized carbons (Fsp3) is 0.375. The quantitative estimate of drug-likeness (QED) is 0.915. The first-order valence-electron chi connectivity index (χ1n) is 7.35. The van der Waals surface area contributed by atoms with Crippen molar-refractivity contribution in [3.8, 4) is 0 Å². The third-order valence-corrected chi connectivity index (χ3v) is 3.80. The third-order valence-electron chi connectivity index (χ3n) is 3.80. The van der Waals surface area contributed by atoms with E-state index < -0.39 is 5.91 Å². The Balaban J connectivity index is 1.81.